The van der Waals surface area contributed by atoms with Gasteiger partial charge in [0.05, 0.1) is 23.9 Å². The number of carbonyl (C=O) groups excluding carboxylic acids is 1. The van der Waals surface area contributed by atoms with Crippen molar-refractivity contribution in [1.29, 1.82) is 0 Å². The van der Waals surface area contributed by atoms with Crippen molar-refractivity contribution in [2.45, 2.75) is 64.7 Å². The number of aryl methyl sites for hydroxylation is 2. The highest BCUT2D eigenvalue weighted by atomic mass is 16.5. The van der Waals surface area contributed by atoms with Crippen molar-refractivity contribution in [3.05, 3.63) is 53.2 Å². The molecule has 1 aromatic heterocycles. The zero-order valence-electron chi connectivity index (χ0n) is 16.7. The van der Waals surface area contributed by atoms with Crippen LogP contribution < -0.4 is 10.1 Å². The molecule has 0 atom stereocenters. The molecule has 0 spiro atoms. The summed E-state index contributed by atoms with van der Waals surface area (Å²) in [4.78, 5) is 17.8. The number of hydrogen-bond acceptors (Lipinski definition) is 3. The topological polar surface area (TPSA) is 51.2 Å². The van der Waals surface area contributed by atoms with Crippen LogP contribution in [0.25, 0.3) is 0 Å². The van der Waals surface area contributed by atoms with Gasteiger partial charge in [0.25, 0.3) is 0 Å². The summed E-state index contributed by atoms with van der Waals surface area (Å²) in [6, 6.07) is 10.4. The third-order valence-corrected chi connectivity index (χ3v) is 5.48. The molecule has 4 nitrogen and oxygen atoms in total. The molecule has 0 unspecified atom stereocenters. The number of pyridine rings is 1. The minimum atomic E-state index is -0.447. The molecule has 0 saturated heterocycles. The van der Waals surface area contributed by atoms with Crippen molar-refractivity contribution < 1.29 is 9.53 Å². The number of anilines is 1. The van der Waals surface area contributed by atoms with Gasteiger partial charge in [-0.05, 0) is 44.7 Å². The van der Waals surface area contributed by atoms with Crippen LogP contribution in [0.1, 0.15) is 62.1 Å². The van der Waals surface area contributed by atoms with Crippen LogP contribution in [-0.2, 0) is 10.2 Å². The Hall–Kier alpha value is -2.36. The Morgan fingerprint density at radius 3 is 2.48 bits per heavy atom. The second-order valence-corrected chi connectivity index (χ2v) is 7.66. The Balaban J connectivity index is 1.83. The first-order valence-electron chi connectivity index (χ1n) is 10.0. The number of carbonyl (C=O) groups is 1. The van der Waals surface area contributed by atoms with E-state index in [1.165, 1.54) is 12.0 Å². The lowest BCUT2D eigenvalue weighted by atomic mass is 9.68. The number of hydrogen-bond donors (Lipinski definition) is 1. The second-order valence-electron chi connectivity index (χ2n) is 7.66. The molecule has 0 aliphatic heterocycles. The molecular weight excluding hydrogens is 336 g/mol. The smallest absolute Gasteiger partial charge is 0.235 e. The fraction of sp³-hybridized carbons (Fsp3) is 0.478. The van der Waals surface area contributed by atoms with Crippen LogP contribution in [0, 0.1) is 13.8 Å². The first-order chi connectivity index (χ1) is 13.0. The lowest BCUT2D eigenvalue weighted by molar-refractivity contribution is -0.122. The number of amides is 1. The number of ether oxygens (including phenoxy) is 1. The van der Waals surface area contributed by atoms with E-state index in [0.29, 0.717) is 12.5 Å². The monoisotopic (exact) mass is 366 g/mol. The summed E-state index contributed by atoms with van der Waals surface area (Å²) in [5, 5.41) is 3.13. The summed E-state index contributed by atoms with van der Waals surface area (Å²) in [7, 11) is 0. The second kappa shape index (κ2) is 8.55. The lowest BCUT2D eigenvalue weighted by Gasteiger charge is -2.36. The SMILES string of the molecule is CCCOc1ncc(NC(=O)C2(c3ccc(C)cc3)CCCCC2)cc1C. The molecule has 3 rings (SSSR count). The van der Waals surface area contributed by atoms with Crippen molar-refractivity contribution >= 4 is 11.6 Å². The van der Waals surface area contributed by atoms with Gasteiger partial charge in [0.15, 0.2) is 0 Å². The van der Waals surface area contributed by atoms with E-state index in [2.05, 4.69) is 48.4 Å². The highest BCUT2D eigenvalue weighted by molar-refractivity contribution is 5.99. The third kappa shape index (κ3) is 4.32. The van der Waals surface area contributed by atoms with E-state index in [9.17, 15) is 4.79 Å². The highest BCUT2D eigenvalue weighted by Gasteiger charge is 2.41. The van der Waals surface area contributed by atoms with Crippen molar-refractivity contribution in [2.75, 3.05) is 11.9 Å². The average Bonchev–Trinajstić information content (AvgIpc) is 2.68. The van der Waals surface area contributed by atoms with Gasteiger partial charge in [-0.25, -0.2) is 4.98 Å². The highest BCUT2D eigenvalue weighted by Crippen LogP contribution is 2.40. The molecule has 2 aromatic rings. The van der Waals surface area contributed by atoms with Gasteiger partial charge in [0, 0.05) is 5.56 Å². The van der Waals surface area contributed by atoms with E-state index in [0.717, 1.165) is 48.9 Å². The molecule has 1 fully saturated rings. The molecule has 27 heavy (non-hydrogen) atoms. The van der Waals surface area contributed by atoms with E-state index in [1.54, 1.807) is 6.20 Å². The molecule has 144 valence electrons. The first-order valence-corrected chi connectivity index (χ1v) is 10.0. The van der Waals surface area contributed by atoms with Gasteiger partial charge < -0.3 is 10.1 Å². The molecule has 1 aliphatic rings. The molecule has 1 aliphatic carbocycles. The largest absolute Gasteiger partial charge is 0.477 e. The van der Waals surface area contributed by atoms with Crippen molar-refractivity contribution in [3.8, 4) is 5.88 Å². The van der Waals surface area contributed by atoms with Gasteiger partial charge in [-0.15, -0.1) is 0 Å². The van der Waals surface area contributed by atoms with Crippen molar-refractivity contribution in [2.24, 2.45) is 0 Å². The molecule has 1 amide bonds. The van der Waals surface area contributed by atoms with E-state index < -0.39 is 5.41 Å². The van der Waals surface area contributed by atoms with E-state index in [1.807, 2.05) is 13.0 Å². The summed E-state index contributed by atoms with van der Waals surface area (Å²) >= 11 is 0. The fourth-order valence-corrected chi connectivity index (χ4v) is 3.91. The van der Waals surface area contributed by atoms with Gasteiger partial charge in [0.2, 0.25) is 11.8 Å². The van der Waals surface area contributed by atoms with Gasteiger partial charge in [-0.3, -0.25) is 4.79 Å². The maximum Gasteiger partial charge on any atom is 0.235 e. The molecule has 0 radical (unpaired) electrons. The maximum absolute atomic E-state index is 13.4. The summed E-state index contributed by atoms with van der Waals surface area (Å²) in [6.45, 7) is 6.76. The number of nitrogens with one attached hydrogen (secondary N) is 1. The Morgan fingerprint density at radius 2 is 1.85 bits per heavy atom. The van der Waals surface area contributed by atoms with Gasteiger partial charge >= 0.3 is 0 Å². The molecular formula is C23H30N2O2. The summed E-state index contributed by atoms with van der Waals surface area (Å²) in [5.74, 6) is 0.718. The Morgan fingerprint density at radius 1 is 1.15 bits per heavy atom. The van der Waals surface area contributed by atoms with Crippen molar-refractivity contribution in [3.63, 3.8) is 0 Å². The fourth-order valence-electron chi connectivity index (χ4n) is 3.91. The van der Waals surface area contributed by atoms with Crippen LogP contribution in [0.5, 0.6) is 5.88 Å². The van der Waals surface area contributed by atoms with Crippen LogP contribution in [-0.4, -0.2) is 17.5 Å². The lowest BCUT2D eigenvalue weighted by Crippen LogP contribution is -2.42. The van der Waals surface area contributed by atoms with Crippen LogP contribution in [0.15, 0.2) is 36.5 Å². The molecule has 4 heteroatoms. The van der Waals surface area contributed by atoms with Crippen LogP contribution in [0.2, 0.25) is 0 Å². The minimum absolute atomic E-state index is 0.0782. The quantitative estimate of drug-likeness (QED) is 0.752. The predicted molar refractivity (Wildman–Crippen MR) is 109 cm³/mol. The Labute approximate surface area is 162 Å². The van der Waals surface area contributed by atoms with Gasteiger partial charge in [-0.1, -0.05) is 56.0 Å². The number of rotatable bonds is 6. The third-order valence-electron chi connectivity index (χ3n) is 5.48. The van der Waals surface area contributed by atoms with E-state index in [-0.39, 0.29) is 5.91 Å². The molecule has 1 N–H and O–H groups in total. The normalized spacial score (nSPS) is 16.0. The average molecular weight is 367 g/mol. The van der Waals surface area contributed by atoms with Crippen LogP contribution in [0.3, 0.4) is 0 Å². The molecule has 0 bridgehead atoms. The zero-order valence-corrected chi connectivity index (χ0v) is 16.7. The zero-order chi connectivity index (χ0) is 19.3. The van der Waals surface area contributed by atoms with Gasteiger partial charge in [0.1, 0.15) is 0 Å². The van der Waals surface area contributed by atoms with Gasteiger partial charge in [-0.2, -0.15) is 0 Å². The predicted octanol–water partition coefficient (Wildman–Crippen LogP) is 5.33. The summed E-state index contributed by atoms with van der Waals surface area (Å²) < 4.78 is 5.64. The number of nitrogens with zero attached hydrogens (tertiary/aromatic N) is 1. The standard InChI is InChI=1S/C23H30N2O2/c1-4-14-27-21-18(3)15-20(16-24-21)25-22(26)23(12-6-5-7-13-23)19-10-8-17(2)9-11-19/h8-11,15-16H,4-7,12-14H2,1-3H3,(H,25,26). The Kier molecular flexibility index (Phi) is 6.15. The van der Waals surface area contributed by atoms with Crippen molar-refractivity contribution in [1.82, 2.24) is 4.98 Å². The molecule has 1 aromatic carbocycles. The number of benzene rings is 1. The first kappa shape index (κ1) is 19.4. The summed E-state index contributed by atoms with van der Waals surface area (Å²) in [5.41, 5.74) is 3.57. The minimum Gasteiger partial charge on any atom is -0.477 e. The Bertz CT molecular complexity index is 777. The maximum atomic E-state index is 13.4. The van der Waals surface area contributed by atoms with Crippen LogP contribution in [0.4, 0.5) is 5.69 Å². The molecule has 1 saturated carbocycles. The van der Waals surface area contributed by atoms with E-state index >= 15 is 0 Å². The summed E-state index contributed by atoms with van der Waals surface area (Å²) in [6.07, 6.45) is 7.80. The van der Waals surface area contributed by atoms with E-state index in [4.69, 9.17) is 4.74 Å². The number of aromatic nitrogens is 1. The van der Waals surface area contributed by atoms with Crippen LogP contribution >= 0.6 is 0 Å². The molecule has 1 heterocycles.